The molecule has 21 heavy (non-hydrogen) atoms. The number of thiazole rings is 1. The third-order valence-corrected chi connectivity index (χ3v) is 4.31. The van der Waals surface area contributed by atoms with Gasteiger partial charge in [-0.15, -0.1) is 16.4 Å². The summed E-state index contributed by atoms with van der Waals surface area (Å²) in [6, 6.07) is 2.26. The van der Waals surface area contributed by atoms with Gasteiger partial charge in [0.15, 0.2) is 5.82 Å². The Morgan fingerprint density at radius 1 is 1.14 bits per heavy atom. The van der Waals surface area contributed by atoms with E-state index in [4.69, 9.17) is 0 Å². The molecule has 0 aliphatic rings. The maximum absolute atomic E-state index is 9.43. The predicted molar refractivity (Wildman–Crippen MR) is 84.4 cm³/mol. The van der Waals surface area contributed by atoms with E-state index in [2.05, 4.69) is 33.5 Å². The van der Waals surface area contributed by atoms with Crippen molar-refractivity contribution >= 4 is 17.2 Å². The quantitative estimate of drug-likeness (QED) is 0.918. The molecular weight excluding hydrogens is 282 g/mol. The van der Waals surface area contributed by atoms with Crippen LogP contribution in [0.3, 0.4) is 0 Å². The minimum Gasteiger partial charge on any atom is -0.362 e. The average Bonchev–Trinajstić information content (AvgIpc) is 2.81. The lowest BCUT2D eigenvalue weighted by atomic mass is 10.0. The van der Waals surface area contributed by atoms with Crippen LogP contribution in [0.1, 0.15) is 46.2 Å². The number of nitriles is 1. The zero-order valence-electron chi connectivity index (χ0n) is 12.8. The Balaban J connectivity index is 2.28. The van der Waals surface area contributed by atoms with Crippen molar-refractivity contribution in [3.05, 3.63) is 32.4 Å². The zero-order valence-corrected chi connectivity index (χ0v) is 13.6. The molecule has 0 radical (unpaired) electrons. The van der Waals surface area contributed by atoms with E-state index >= 15 is 0 Å². The molecule has 0 spiro atoms. The second kappa shape index (κ2) is 6.64. The van der Waals surface area contributed by atoms with E-state index in [1.165, 1.54) is 4.88 Å². The summed E-state index contributed by atoms with van der Waals surface area (Å²) in [4.78, 5) is 5.67. The van der Waals surface area contributed by atoms with Gasteiger partial charge in [0.2, 0.25) is 0 Å². The predicted octanol–water partition coefficient (Wildman–Crippen LogP) is 3.16. The van der Waals surface area contributed by atoms with Crippen molar-refractivity contribution in [2.45, 2.75) is 47.1 Å². The molecule has 2 aromatic rings. The first-order valence-electron chi connectivity index (χ1n) is 7.05. The van der Waals surface area contributed by atoms with Crippen LogP contribution >= 0.6 is 11.3 Å². The molecule has 0 fully saturated rings. The molecule has 0 saturated heterocycles. The fourth-order valence-corrected chi connectivity index (χ4v) is 3.16. The van der Waals surface area contributed by atoms with Crippen LogP contribution in [-0.4, -0.2) is 15.2 Å². The molecule has 110 valence electrons. The highest BCUT2D eigenvalue weighted by Crippen LogP contribution is 2.22. The molecule has 0 aliphatic heterocycles. The number of aryl methyl sites for hydroxylation is 3. The Morgan fingerprint density at radius 3 is 2.43 bits per heavy atom. The molecule has 0 unspecified atom stereocenters. The summed E-state index contributed by atoms with van der Waals surface area (Å²) in [5, 5.41) is 22.1. The van der Waals surface area contributed by atoms with E-state index in [1.54, 1.807) is 11.3 Å². The van der Waals surface area contributed by atoms with Gasteiger partial charge in [-0.2, -0.15) is 10.4 Å². The van der Waals surface area contributed by atoms with E-state index in [1.807, 2.05) is 20.8 Å². The van der Waals surface area contributed by atoms with Gasteiger partial charge in [-0.25, -0.2) is 4.98 Å². The lowest BCUT2D eigenvalue weighted by Gasteiger charge is -2.11. The van der Waals surface area contributed by atoms with E-state index in [0.717, 1.165) is 34.8 Å². The van der Waals surface area contributed by atoms with E-state index in [0.29, 0.717) is 17.9 Å². The summed E-state index contributed by atoms with van der Waals surface area (Å²) in [5.74, 6) is 0.552. The van der Waals surface area contributed by atoms with Gasteiger partial charge in [0.25, 0.3) is 0 Å². The van der Waals surface area contributed by atoms with Crippen molar-refractivity contribution in [2.24, 2.45) is 0 Å². The molecule has 0 saturated carbocycles. The first-order chi connectivity index (χ1) is 10.1. The maximum Gasteiger partial charge on any atom is 0.167 e. The molecule has 0 atom stereocenters. The summed E-state index contributed by atoms with van der Waals surface area (Å²) in [6.45, 7) is 8.67. The molecule has 1 N–H and O–H groups in total. The molecule has 2 aromatic heterocycles. The Morgan fingerprint density at radius 2 is 1.90 bits per heavy atom. The van der Waals surface area contributed by atoms with Crippen molar-refractivity contribution in [3.8, 4) is 6.07 Å². The van der Waals surface area contributed by atoms with Gasteiger partial charge in [-0.3, -0.25) is 0 Å². The molecule has 0 aromatic carbocycles. The molecule has 5 nitrogen and oxygen atoms in total. The van der Waals surface area contributed by atoms with Crippen LogP contribution in [0.2, 0.25) is 0 Å². The molecule has 0 amide bonds. The monoisotopic (exact) mass is 301 g/mol. The van der Waals surface area contributed by atoms with E-state index < -0.39 is 0 Å². The van der Waals surface area contributed by atoms with Crippen LogP contribution in [0, 0.1) is 25.2 Å². The van der Waals surface area contributed by atoms with Crippen molar-refractivity contribution in [3.63, 3.8) is 0 Å². The minimum absolute atomic E-state index is 0.552. The Kier molecular flexibility index (Phi) is 4.86. The normalized spacial score (nSPS) is 10.4. The largest absolute Gasteiger partial charge is 0.362 e. The Hall–Kier alpha value is -2.00. The first kappa shape index (κ1) is 15.4. The van der Waals surface area contributed by atoms with Gasteiger partial charge in [0, 0.05) is 4.88 Å². The van der Waals surface area contributed by atoms with E-state index in [-0.39, 0.29) is 0 Å². The van der Waals surface area contributed by atoms with Crippen LogP contribution in [-0.2, 0) is 19.4 Å². The lowest BCUT2D eigenvalue weighted by Crippen LogP contribution is -2.10. The van der Waals surface area contributed by atoms with Crippen LogP contribution in [0.5, 0.6) is 0 Å². The Labute approximate surface area is 129 Å². The van der Waals surface area contributed by atoms with Gasteiger partial charge in [-0.05, 0) is 32.3 Å². The van der Waals surface area contributed by atoms with Gasteiger partial charge in [0.05, 0.1) is 22.9 Å². The van der Waals surface area contributed by atoms with Crippen LogP contribution in [0.4, 0.5) is 5.82 Å². The van der Waals surface area contributed by atoms with Gasteiger partial charge >= 0.3 is 0 Å². The highest BCUT2D eigenvalue weighted by atomic mass is 32.1. The van der Waals surface area contributed by atoms with Gasteiger partial charge < -0.3 is 5.32 Å². The summed E-state index contributed by atoms with van der Waals surface area (Å²) in [5.41, 5.74) is 3.50. The number of nitrogens with one attached hydrogen (secondary N) is 1. The lowest BCUT2D eigenvalue weighted by molar-refractivity contribution is 0.866. The third kappa shape index (κ3) is 3.19. The number of anilines is 1. The smallest absolute Gasteiger partial charge is 0.167 e. The van der Waals surface area contributed by atoms with Gasteiger partial charge in [-0.1, -0.05) is 13.8 Å². The maximum atomic E-state index is 9.43. The number of hydrogen-bond acceptors (Lipinski definition) is 6. The third-order valence-electron chi connectivity index (χ3n) is 3.38. The zero-order chi connectivity index (χ0) is 15.4. The molecule has 0 bridgehead atoms. The van der Waals surface area contributed by atoms with Crippen molar-refractivity contribution < 1.29 is 0 Å². The fourth-order valence-electron chi connectivity index (χ4n) is 2.32. The summed E-state index contributed by atoms with van der Waals surface area (Å²) in [6.07, 6.45) is 1.57. The van der Waals surface area contributed by atoms with Crippen molar-refractivity contribution in [2.75, 3.05) is 5.32 Å². The van der Waals surface area contributed by atoms with Crippen LogP contribution in [0.15, 0.2) is 0 Å². The van der Waals surface area contributed by atoms with Crippen molar-refractivity contribution in [1.82, 2.24) is 15.2 Å². The molecular formula is C15H19N5S. The minimum atomic E-state index is 0.552. The molecule has 2 rings (SSSR count). The fraction of sp³-hybridized carbons (Fsp3) is 0.467. The second-order valence-corrected chi connectivity index (χ2v) is 6.16. The highest BCUT2D eigenvalue weighted by Gasteiger charge is 2.14. The summed E-state index contributed by atoms with van der Waals surface area (Å²) in [7, 11) is 0. The number of rotatable bonds is 5. The van der Waals surface area contributed by atoms with E-state index in [9.17, 15) is 5.26 Å². The number of nitrogens with zero attached hydrogens (tertiary/aromatic N) is 4. The number of aromatic nitrogens is 3. The average molecular weight is 301 g/mol. The molecule has 2 heterocycles. The highest BCUT2D eigenvalue weighted by molar-refractivity contribution is 7.11. The molecule has 6 heteroatoms. The summed E-state index contributed by atoms with van der Waals surface area (Å²) >= 11 is 1.68. The first-order valence-corrected chi connectivity index (χ1v) is 7.87. The van der Waals surface area contributed by atoms with Crippen LogP contribution in [0.25, 0.3) is 0 Å². The second-order valence-electron chi connectivity index (χ2n) is 4.76. The van der Waals surface area contributed by atoms with Crippen molar-refractivity contribution in [1.29, 1.82) is 5.26 Å². The number of hydrogen-bond donors (Lipinski definition) is 1. The van der Waals surface area contributed by atoms with Gasteiger partial charge in [0.1, 0.15) is 11.6 Å². The Bertz CT molecular complexity index is 684. The molecule has 0 aliphatic carbocycles. The SMILES string of the molecule is CCc1nnc(NCc2nc(C)sc2C)c(C#N)c1CC. The topological polar surface area (TPSA) is 74.5 Å². The summed E-state index contributed by atoms with van der Waals surface area (Å²) < 4.78 is 0. The van der Waals surface area contributed by atoms with Crippen LogP contribution < -0.4 is 5.32 Å². The standard InChI is InChI=1S/C15H19N5S/c1-5-11-12(7-16)15(20-19-13(11)6-2)17-8-14-9(3)21-10(4)18-14/h5-6,8H2,1-4H3,(H,17,20).